The average Bonchev–Trinajstić information content (AvgIpc) is 2.39. The van der Waals surface area contributed by atoms with Gasteiger partial charge in [0.25, 0.3) is 0 Å². The molecule has 102 valence electrons. The van der Waals surface area contributed by atoms with Crippen LogP contribution >= 0.6 is 0 Å². The summed E-state index contributed by atoms with van der Waals surface area (Å²) < 4.78 is 5.21. The van der Waals surface area contributed by atoms with Gasteiger partial charge in [-0.1, -0.05) is 32.0 Å². The van der Waals surface area contributed by atoms with Crippen LogP contribution in [0.2, 0.25) is 0 Å². The Balaban J connectivity index is 2.74. The molecule has 0 aromatic heterocycles. The second kappa shape index (κ2) is 8.11. The molecule has 0 aliphatic carbocycles. The van der Waals surface area contributed by atoms with Crippen molar-refractivity contribution < 1.29 is 4.74 Å². The molecule has 0 fully saturated rings. The molecular weight excluding hydrogens is 224 g/mol. The maximum Gasteiger partial charge on any atom is 0.0589 e. The maximum absolute atomic E-state index is 6.02. The minimum absolute atomic E-state index is 0.597. The first-order valence-electron chi connectivity index (χ1n) is 6.79. The zero-order chi connectivity index (χ0) is 13.4. The Kier molecular flexibility index (Phi) is 6.76. The largest absolute Gasteiger partial charge is 0.398 e. The summed E-state index contributed by atoms with van der Waals surface area (Å²) in [5.74, 6) is 0. The summed E-state index contributed by atoms with van der Waals surface area (Å²) in [7, 11) is 1.75. The van der Waals surface area contributed by atoms with Crippen molar-refractivity contribution in [3.63, 3.8) is 0 Å². The van der Waals surface area contributed by atoms with Gasteiger partial charge >= 0.3 is 0 Å². The summed E-state index contributed by atoms with van der Waals surface area (Å²) in [5.41, 5.74) is 8.11. The fraction of sp³-hybridized carbons (Fsp3) is 0.600. The van der Waals surface area contributed by atoms with Gasteiger partial charge in [0.1, 0.15) is 0 Å². The molecule has 1 aromatic carbocycles. The summed E-state index contributed by atoms with van der Waals surface area (Å²) in [5, 5.41) is 0. The average molecular weight is 250 g/mol. The second-order valence-corrected chi connectivity index (χ2v) is 4.63. The summed E-state index contributed by atoms with van der Waals surface area (Å²) in [6, 6.07) is 8.70. The highest BCUT2D eigenvalue weighted by molar-refractivity contribution is 5.46. The molecule has 0 amide bonds. The predicted molar refractivity (Wildman–Crippen MR) is 77.5 cm³/mol. The molecule has 1 rings (SSSR count). The molecule has 0 atom stereocenters. The number of rotatable bonds is 8. The lowest BCUT2D eigenvalue weighted by Crippen LogP contribution is -2.36. The van der Waals surface area contributed by atoms with Gasteiger partial charge in [0.2, 0.25) is 0 Å². The van der Waals surface area contributed by atoms with Crippen molar-refractivity contribution in [2.75, 3.05) is 26.0 Å². The van der Waals surface area contributed by atoms with Crippen LogP contribution in [-0.2, 0) is 11.3 Å². The molecule has 18 heavy (non-hydrogen) atoms. The summed E-state index contributed by atoms with van der Waals surface area (Å²) >= 11 is 0. The molecule has 0 heterocycles. The van der Waals surface area contributed by atoms with E-state index in [0.717, 1.165) is 38.2 Å². The zero-order valence-corrected chi connectivity index (χ0v) is 11.9. The first-order chi connectivity index (χ1) is 8.72. The van der Waals surface area contributed by atoms with Crippen LogP contribution in [0.15, 0.2) is 24.3 Å². The fourth-order valence-electron chi connectivity index (χ4n) is 2.30. The van der Waals surface area contributed by atoms with Gasteiger partial charge in [-0.2, -0.15) is 0 Å². The third-order valence-electron chi connectivity index (χ3n) is 3.47. The molecular formula is C15H26N2O. The Morgan fingerprint density at radius 1 is 1.22 bits per heavy atom. The Morgan fingerprint density at radius 3 is 2.44 bits per heavy atom. The molecule has 0 aliphatic rings. The van der Waals surface area contributed by atoms with Crippen LogP contribution in [0, 0.1) is 0 Å². The Morgan fingerprint density at radius 2 is 1.89 bits per heavy atom. The van der Waals surface area contributed by atoms with E-state index in [-0.39, 0.29) is 0 Å². The molecule has 0 aliphatic heterocycles. The van der Waals surface area contributed by atoms with Crippen LogP contribution in [0.4, 0.5) is 5.69 Å². The number of benzene rings is 1. The van der Waals surface area contributed by atoms with Crippen LogP contribution in [0.25, 0.3) is 0 Å². The summed E-state index contributed by atoms with van der Waals surface area (Å²) in [4.78, 5) is 2.47. The molecule has 0 radical (unpaired) electrons. The lowest BCUT2D eigenvalue weighted by atomic mass is 10.1. The summed E-state index contributed by atoms with van der Waals surface area (Å²) in [6.07, 6.45) is 2.32. The van der Waals surface area contributed by atoms with Crippen LogP contribution in [-0.4, -0.2) is 31.2 Å². The highest BCUT2D eigenvalue weighted by Crippen LogP contribution is 2.17. The molecule has 0 saturated carbocycles. The first-order valence-corrected chi connectivity index (χ1v) is 6.79. The number of nitrogens with zero attached hydrogens (tertiary/aromatic N) is 1. The van der Waals surface area contributed by atoms with Crippen molar-refractivity contribution in [3.05, 3.63) is 29.8 Å². The molecule has 1 aromatic rings. The van der Waals surface area contributed by atoms with Gasteiger partial charge in [0.05, 0.1) is 6.61 Å². The lowest BCUT2D eigenvalue weighted by molar-refractivity contribution is 0.110. The topological polar surface area (TPSA) is 38.5 Å². The number of ether oxygens (including phenoxy) is 1. The minimum Gasteiger partial charge on any atom is -0.398 e. The SMILES string of the molecule is CCC(CC)N(CCOC)Cc1ccccc1N. The van der Waals surface area contributed by atoms with E-state index in [4.69, 9.17) is 10.5 Å². The van der Waals surface area contributed by atoms with E-state index >= 15 is 0 Å². The van der Waals surface area contributed by atoms with Crippen molar-refractivity contribution >= 4 is 5.69 Å². The molecule has 0 spiro atoms. The van der Waals surface area contributed by atoms with E-state index in [9.17, 15) is 0 Å². The van der Waals surface area contributed by atoms with E-state index in [1.165, 1.54) is 5.56 Å². The zero-order valence-electron chi connectivity index (χ0n) is 11.9. The van der Waals surface area contributed by atoms with E-state index < -0.39 is 0 Å². The van der Waals surface area contributed by atoms with Crippen molar-refractivity contribution in [2.45, 2.75) is 39.3 Å². The van der Waals surface area contributed by atoms with Gasteiger partial charge in [-0.25, -0.2) is 0 Å². The Bertz CT molecular complexity index is 337. The van der Waals surface area contributed by atoms with Gasteiger partial charge < -0.3 is 10.5 Å². The van der Waals surface area contributed by atoms with Crippen LogP contribution in [0.5, 0.6) is 0 Å². The monoisotopic (exact) mass is 250 g/mol. The highest BCUT2D eigenvalue weighted by Gasteiger charge is 2.15. The maximum atomic E-state index is 6.02. The Labute approximate surface area is 111 Å². The van der Waals surface area contributed by atoms with Crippen molar-refractivity contribution in [1.29, 1.82) is 0 Å². The quantitative estimate of drug-likeness (QED) is 0.721. The van der Waals surface area contributed by atoms with E-state index in [1.54, 1.807) is 7.11 Å². The van der Waals surface area contributed by atoms with Gasteiger partial charge in [-0.3, -0.25) is 4.90 Å². The highest BCUT2D eigenvalue weighted by atomic mass is 16.5. The minimum atomic E-state index is 0.597. The van der Waals surface area contributed by atoms with Gasteiger partial charge in [-0.05, 0) is 24.5 Å². The van der Waals surface area contributed by atoms with Crippen LogP contribution < -0.4 is 5.73 Å². The lowest BCUT2D eigenvalue weighted by Gasteiger charge is -2.30. The molecule has 3 heteroatoms. The number of hydrogen-bond acceptors (Lipinski definition) is 3. The van der Waals surface area contributed by atoms with Crippen molar-refractivity contribution in [2.24, 2.45) is 0 Å². The van der Waals surface area contributed by atoms with Crippen molar-refractivity contribution in [3.8, 4) is 0 Å². The van der Waals surface area contributed by atoms with Crippen molar-refractivity contribution in [1.82, 2.24) is 4.90 Å². The number of methoxy groups -OCH3 is 1. The molecule has 0 unspecified atom stereocenters. The Hall–Kier alpha value is -1.06. The van der Waals surface area contributed by atoms with E-state index in [2.05, 4.69) is 24.8 Å². The molecule has 3 nitrogen and oxygen atoms in total. The van der Waals surface area contributed by atoms with Crippen LogP contribution in [0.1, 0.15) is 32.3 Å². The predicted octanol–water partition coefficient (Wildman–Crippen LogP) is 2.91. The molecule has 2 N–H and O–H groups in total. The fourth-order valence-corrected chi connectivity index (χ4v) is 2.30. The van der Waals surface area contributed by atoms with E-state index in [0.29, 0.717) is 6.04 Å². The van der Waals surface area contributed by atoms with Gasteiger partial charge in [0.15, 0.2) is 0 Å². The molecule has 0 saturated heterocycles. The number of para-hydroxylation sites is 1. The number of hydrogen-bond donors (Lipinski definition) is 1. The van der Waals surface area contributed by atoms with Crippen LogP contribution in [0.3, 0.4) is 0 Å². The number of nitrogens with two attached hydrogens (primary N) is 1. The first kappa shape index (κ1) is 15.0. The number of anilines is 1. The van der Waals surface area contributed by atoms with E-state index in [1.807, 2.05) is 18.2 Å². The van der Waals surface area contributed by atoms with Gasteiger partial charge in [0, 0.05) is 31.9 Å². The van der Waals surface area contributed by atoms with Gasteiger partial charge in [-0.15, -0.1) is 0 Å². The molecule has 0 bridgehead atoms. The smallest absolute Gasteiger partial charge is 0.0589 e. The normalized spacial score (nSPS) is 11.4. The third kappa shape index (κ3) is 4.31. The number of nitrogen functional groups attached to an aromatic ring is 1. The third-order valence-corrected chi connectivity index (χ3v) is 3.47. The second-order valence-electron chi connectivity index (χ2n) is 4.63. The standard InChI is InChI=1S/C15H26N2O/c1-4-14(5-2)17(10-11-18-3)12-13-8-6-7-9-15(13)16/h6-9,14H,4-5,10-12,16H2,1-3H3. The summed E-state index contributed by atoms with van der Waals surface area (Å²) in [6.45, 7) is 7.10.